The first-order chi connectivity index (χ1) is 6.24. The number of nitrogens with one attached hydrogen (secondary N) is 1. The zero-order valence-corrected chi connectivity index (χ0v) is 9.18. The topological polar surface area (TPSA) is 21.3 Å². The molecule has 0 bridgehead atoms. The van der Waals surface area contributed by atoms with Crippen molar-refractivity contribution < 1.29 is 4.74 Å². The van der Waals surface area contributed by atoms with Gasteiger partial charge in [-0.2, -0.15) is 0 Å². The first-order valence-corrected chi connectivity index (χ1v) is 5.49. The van der Waals surface area contributed by atoms with Crippen LogP contribution in [0.2, 0.25) is 0 Å². The Hall–Kier alpha value is -0.0800. The third kappa shape index (κ3) is 3.65. The normalized spacial score (nSPS) is 22.2. The van der Waals surface area contributed by atoms with Crippen LogP contribution in [0.15, 0.2) is 0 Å². The van der Waals surface area contributed by atoms with Gasteiger partial charge in [-0.15, -0.1) is 0 Å². The van der Waals surface area contributed by atoms with Crippen LogP contribution in [0, 0.1) is 11.8 Å². The molecule has 78 valence electrons. The lowest BCUT2D eigenvalue weighted by atomic mass is 9.87. The molecule has 1 unspecified atom stereocenters. The van der Waals surface area contributed by atoms with Crippen LogP contribution in [0.25, 0.3) is 0 Å². The summed E-state index contributed by atoms with van der Waals surface area (Å²) in [6, 6.07) is 0.698. The van der Waals surface area contributed by atoms with Gasteiger partial charge in [0, 0.05) is 19.3 Å². The van der Waals surface area contributed by atoms with Gasteiger partial charge in [-0.25, -0.2) is 0 Å². The molecule has 2 nitrogen and oxygen atoms in total. The van der Waals surface area contributed by atoms with Crippen LogP contribution in [0.3, 0.4) is 0 Å². The van der Waals surface area contributed by atoms with Gasteiger partial charge in [-0.05, 0) is 38.1 Å². The quantitative estimate of drug-likeness (QED) is 0.723. The Balaban J connectivity index is 2.34. The van der Waals surface area contributed by atoms with E-state index in [-0.39, 0.29) is 0 Å². The Morgan fingerprint density at radius 1 is 1.31 bits per heavy atom. The molecule has 0 saturated carbocycles. The summed E-state index contributed by atoms with van der Waals surface area (Å²) in [4.78, 5) is 0. The molecule has 13 heavy (non-hydrogen) atoms. The third-order valence-corrected chi connectivity index (χ3v) is 2.93. The average Bonchev–Trinajstić information content (AvgIpc) is 2.15. The van der Waals surface area contributed by atoms with E-state index in [1.54, 1.807) is 0 Å². The maximum Gasteiger partial charge on any atom is 0.0469 e. The highest BCUT2D eigenvalue weighted by atomic mass is 16.5. The zero-order chi connectivity index (χ0) is 9.68. The summed E-state index contributed by atoms with van der Waals surface area (Å²) < 4.78 is 5.37. The molecule has 2 heteroatoms. The van der Waals surface area contributed by atoms with Gasteiger partial charge in [-0.1, -0.05) is 13.8 Å². The van der Waals surface area contributed by atoms with E-state index in [4.69, 9.17) is 4.74 Å². The van der Waals surface area contributed by atoms with Crippen LogP contribution in [-0.4, -0.2) is 26.3 Å². The van der Waals surface area contributed by atoms with Crippen molar-refractivity contribution in [1.82, 2.24) is 5.32 Å². The fraction of sp³-hybridized carbons (Fsp3) is 1.00. The Labute approximate surface area is 82.0 Å². The van der Waals surface area contributed by atoms with E-state index in [0.29, 0.717) is 6.04 Å². The van der Waals surface area contributed by atoms with Gasteiger partial charge in [0.25, 0.3) is 0 Å². The fourth-order valence-electron chi connectivity index (χ4n) is 2.17. The van der Waals surface area contributed by atoms with E-state index >= 15 is 0 Å². The van der Waals surface area contributed by atoms with Crippen molar-refractivity contribution >= 4 is 0 Å². The van der Waals surface area contributed by atoms with Crippen LogP contribution in [0.1, 0.15) is 33.1 Å². The lowest BCUT2D eigenvalue weighted by molar-refractivity contribution is 0.0519. The highest BCUT2D eigenvalue weighted by molar-refractivity contribution is 4.78. The molecule has 1 saturated heterocycles. The van der Waals surface area contributed by atoms with E-state index in [1.165, 1.54) is 19.3 Å². The lowest BCUT2D eigenvalue weighted by Crippen LogP contribution is -2.37. The van der Waals surface area contributed by atoms with Crippen molar-refractivity contribution in [2.75, 3.05) is 20.3 Å². The van der Waals surface area contributed by atoms with Crippen LogP contribution in [-0.2, 0) is 4.74 Å². The molecular weight excluding hydrogens is 162 g/mol. The van der Waals surface area contributed by atoms with Crippen LogP contribution in [0.4, 0.5) is 0 Å². The molecule has 1 rings (SSSR count). The molecule has 1 fully saturated rings. The summed E-state index contributed by atoms with van der Waals surface area (Å²) in [6.07, 6.45) is 3.76. The number of ether oxygens (including phenoxy) is 1. The minimum absolute atomic E-state index is 0.698. The van der Waals surface area contributed by atoms with E-state index in [0.717, 1.165) is 25.0 Å². The van der Waals surface area contributed by atoms with Crippen LogP contribution < -0.4 is 5.32 Å². The van der Waals surface area contributed by atoms with Gasteiger partial charge in [-0.3, -0.25) is 0 Å². The fourth-order valence-corrected chi connectivity index (χ4v) is 2.17. The Bertz CT molecular complexity index is 130. The molecule has 1 N–H and O–H groups in total. The predicted octanol–water partition coefficient (Wildman–Crippen LogP) is 2.05. The molecule has 0 aromatic carbocycles. The Morgan fingerprint density at radius 3 is 2.38 bits per heavy atom. The third-order valence-electron chi connectivity index (χ3n) is 2.93. The number of hydrogen-bond donors (Lipinski definition) is 1. The molecule has 1 heterocycles. The molecule has 1 aliphatic heterocycles. The first-order valence-electron chi connectivity index (χ1n) is 5.49. The molecule has 0 amide bonds. The van der Waals surface area contributed by atoms with Crippen molar-refractivity contribution in [2.45, 2.75) is 39.2 Å². The highest BCUT2D eigenvalue weighted by Gasteiger charge is 2.22. The number of rotatable bonds is 4. The van der Waals surface area contributed by atoms with Crippen molar-refractivity contribution in [3.8, 4) is 0 Å². The van der Waals surface area contributed by atoms with E-state index < -0.39 is 0 Å². The molecule has 1 atom stereocenters. The van der Waals surface area contributed by atoms with Crippen molar-refractivity contribution in [3.05, 3.63) is 0 Å². The maximum absolute atomic E-state index is 5.37. The summed E-state index contributed by atoms with van der Waals surface area (Å²) in [5.41, 5.74) is 0. The predicted molar refractivity (Wildman–Crippen MR) is 55.8 cm³/mol. The second-order valence-electron chi connectivity index (χ2n) is 4.47. The molecular formula is C11H23NO. The number of hydrogen-bond acceptors (Lipinski definition) is 2. The smallest absolute Gasteiger partial charge is 0.0469 e. The van der Waals surface area contributed by atoms with Crippen molar-refractivity contribution in [1.29, 1.82) is 0 Å². The lowest BCUT2D eigenvalue weighted by Gasteiger charge is -2.31. The molecule has 0 aromatic rings. The van der Waals surface area contributed by atoms with Gasteiger partial charge in [0.15, 0.2) is 0 Å². The summed E-state index contributed by atoms with van der Waals surface area (Å²) in [5.74, 6) is 1.63. The second-order valence-corrected chi connectivity index (χ2v) is 4.47. The average molecular weight is 185 g/mol. The SMILES string of the molecule is CNC(CC(C)C)C1CCOCC1. The standard InChI is InChI=1S/C11H23NO/c1-9(2)8-11(12-3)10-4-6-13-7-5-10/h9-12H,4-8H2,1-3H3. The maximum atomic E-state index is 5.37. The van der Waals surface area contributed by atoms with Gasteiger partial charge in [0.1, 0.15) is 0 Å². The Morgan fingerprint density at radius 2 is 1.92 bits per heavy atom. The first kappa shape index (κ1) is 11.0. The molecule has 0 radical (unpaired) electrons. The zero-order valence-electron chi connectivity index (χ0n) is 9.18. The van der Waals surface area contributed by atoms with Gasteiger partial charge >= 0.3 is 0 Å². The van der Waals surface area contributed by atoms with Crippen LogP contribution >= 0.6 is 0 Å². The van der Waals surface area contributed by atoms with Crippen molar-refractivity contribution in [3.63, 3.8) is 0 Å². The molecule has 1 aliphatic rings. The highest BCUT2D eigenvalue weighted by Crippen LogP contribution is 2.22. The Kier molecular flexibility index (Phi) is 4.74. The van der Waals surface area contributed by atoms with Crippen LogP contribution in [0.5, 0.6) is 0 Å². The summed E-state index contributed by atoms with van der Waals surface area (Å²) in [5, 5.41) is 3.45. The second kappa shape index (κ2) is 5.61. The van der Waals surface area contributed by atoms with E-state index in [2.05, 4.69) is 26.2 Å². The minimum atomic E-state index is 0.698. The van der Waals surface area contributed by atoms with Gasteiger partial charge in [0.05, 0.1) is 0 Å². The van der Waals surface area contributed by atoms with Gasteiger partial charge < -0.3 is 10.1 Å². The van der Waals surface area contributed by atoms with E-state index in [1.807, 2.05) is 0 Å². The minimum Gasteiger partial charge on any atom is -0.381 e. The molecule has 0 aliphatic carbocycles. The molecule has 0 spiro atoms. The molecule has 0 aromatic heterocycles. The van der Waals surface area contributed by atoms with Gasteiger partial charge in [0.2, 0.25) is 0 Å². The van der Waals surface area contributed by atoms with Crippen molar-refractivity contribution in [2.24, 2.45) is 11.8 Å². The largest absolute Gasteiger partial charge is 0.381 e. The summed E-state index contributed by atoms with van der Waals surface area (Å²) >= 11 is 0. The summed E-state index contributed by atoms with van der Waals surface area (Å²) in [7, 11) is 2.09. The summed E-state index contributed by atoms with van der Waals surface area (Å²) in [6.45, 7) is 6.51. The van der Waals surface area contributed by atoms with E-state index in [9.17, 15) is 0 Å². The monoisotopic (exact) mass is 185 g/mol.